The first-order valence-corrected chi connectivity index (χ1v) is 9.84. The van der Waals surface area contributed by atoms with Gasteiger partial charge in [0.2, 0.25) is 0 Å². The normalized spacial score (nSPS) is 18.9. The summed E-state index contributed by atoms with van der Waals surface area (Å²) in [6.45, 7) is 10.2. The van der Waals surface area contributed by atoms with Gasteiger partial charge in [-0.25, -0.2) is 8.42 Å². The molecule has 0 saturated carbocycles. The third kappa shape index (κ3) is 3.62. The third-order valence-corrected chi connectivity index (χ3v) is 7.87. The topological polar surface area (TPSA) is 40.6 Å². The van der Waals surface area contributed by atoms with E-state index >= 15 is 0 Å². The highest BCUT2D eigenvalue weighted by molar-refractivity contribution is 9.11. The van der Waals surface area contributed by atoms with Gasteiger partial charge in [0, 0.05) is 32.7 Å². The summed E-state index contributed by atoms with van der Waals surface area (Å²) in [4.78, 5) is 2.34. The van der Waals surface area contributed by atoms with Crippen molar-refractivity contribution in [3.8, 4) is 0 Å². The molecule has 2 heterocycles. The van der Waals surface area contributed by atoms with Gasteiger partial charge in [0.15, 0.2) is 0 Å². The van der Waals surface area contributed by atoms with Gasteiger partial charge in [0.25, 0.3) is 10.0 Å². The molecular weight excluding hydrogens is 360 g/mol. The minimum absolute atomic E-state index is 0.444. The summed E-state index contributed by atoms with van der Waals surface area (Å²) in [5, 5.41) is 0. The first-order valence-electron chi connectivity index (χ1n) is 6.79. The van der Waals surface area contributed by atoms with Crippen LogP contribution < -0.4 is 0 Å². The van der Waals surface area contributed by atoms with Crippen LogP contribution in [0.25, 0.3) is 0 Å². The number of halogens is 1. The molecule has 1 aliphatic heterocycles. The molecule has 0 bridgehead atoms. The van der Waals surface area contributed by atoms with Crippen molar-refractivity contribution < 1.29 is 8.42 Å². The second-order valence-corrected chi connectivity index (χ2v) is 10.2. The predicted molar refractivity (Wildman–Crippen MR) is 86.8 cm³/mol. The Balaban J connectivity index is 2.05. The molecule has 7 heteroatoms. The van der Waals surface area contributed by atoms with Crippen LogP contribution in [-0.2, 0) is 10.0 Å². The average Bonchev–Trinajstić information content (AvgIpc) is 2.70. The first-order chi connectivity index (χ1) is 9.30. The number of thiophene rings is 1. The lowest BCUT2D eigenvalue weighted by molar-refractivity contribution is 0.172. The van der Waals surface area contributed by atoms with E-state index in [-0.39, 0.29) is 0 Å². The highest BCUT2D eigenvalue weighted by atomic mass is 79.9. The molecule has 1 aromatic rings. The molecule has 2 rings (SSSR count). The lowest BCUT2D eigenvalue weighted by Gasteiger charge is -2.34. The molecule has 1 saturated heterocycles. The van der Waals surface area contributed by atoms with Gasteiger partial charge in [-0.05, 0) is 40.4 Å². The Morgan fingerprint density at radius 2 is 1.90 bits per heavy atom. The van der Waals surface area contributed by atoms with Crippen molar-refractivity contribution in [2.75, 3.05) is 32.7 Å². The summed E-state index contributed by atoms with van der Waals surface area (Å²) in [7, 11) is -3.32. The molecule has 1 aromatic heterocycles. The Labute approximate surface area is 133 Å². The van der Waals surface area contributed by atoms with Crippen molar-refractivity contribution >= 4 is 37.3 Å². The Hall–Kier alpha value is 0.0500. The maximum Gasteiger partial charge on any atom is 0.252 e. The van der Waals surface area contributed by atoms with Gasteiger partial charge in [-0.3, -0.25) is 0 Å². The quantitative estimate of drug-likeness (QED) is 0.805. The molecule has 0 unspecified atom stereocenters. The SMILES string of the molecule is Cc1cc(S(=O)(=O)N2CCN(CC(C)C)CC2)sc1Br. The maximum atomic E-state index is 12.6. The second kappa shape index (κ2) is 6.44. The van der Waals surface area contributed by atoms with E-state index in [1.807, 2.05) is 6.92 Å². The Morgan fingerprint density at radius 3 is 2.35 bits per heavy atom. The van der Waals surface area contributed by atoms with Crippen molar-refractivity contribution in [3.05, 3.63) is 15.4 Å². The number of hydrogen-bond donors (Lipinski definition) is 0. The zero-order chi connectivity index (χ0) is 14.9. The van der Waals surface area contributed by atoms with Crippen LogP contribution in [0.2, 0.25) is 0 Å². The van der Waals surface area contributed by atoms with Gasteiger partial charge >= 0.3 is 0 Å². The zero-order valence-corrected chi connectivity index (χ0v) is 15.3. The third-order valence-electron chi connectivity index (χ3n) is 3.38. The van der Waals surface area contributed by atoms with E-state index < -0.39 is 10.0 Å². The van der Waals surface area contributed by atoms with E-state index in [0.29, 0.717) is 23.2 Å². The molecule has 0 N–H and O–H groups in total. The molecule has 1 fully saturated rings. The van der Waals surface area contributed by atoms with Crippen LogP contribution in [-0.4, -0.2) is 50.3 Å². The van der Waals surface area contributed by atoms with E-state index in [9.17, 15) is 8.42 Å². The Morgan fingerprint density at radius 1 is 1.30 bits per heavy atom. The molecular formula is C13H21BrN2O2S2. The molecule has 114 valence electrons. The number of piperazine rings is 1. The minimum atomic E-state index is -3.32. The van der Waals surface area contributed by atoms with Gasteiger partial charge in [0.1, 0.15) is 4.21 Å². The summed E-state index contributed by atoms with van der Waals surface area (Å²) >= 11 is 4.70. The van der Waals surface area contributed by atoms with Crippen molar-refractivity contribution in [2.45, 2.75) is 25.0 Å². The lowest BCUT2D eigenvalue weighted by Crippen LogP contribution is -2.49. The van der Waals surface area contributed by atoms with E-state index in [2.05, 4.69) is 34.7 Å². The molecule has 0 amide bonds. The number of hydrogen-bond acceptors (Lipinski definition) is 4. The summed E-state index contributed by atoms with van der Waals surface area (Å²) < 4.78 is 28.1. The van der Waals surface area contributed by atoms with E-state index in [0.717, 1.165) is 29.0 Å². The summed E-state index contributed by atoms with van der Waals surface area (Å²) in [5.41, 5.74) is 0.979. The predicted octanol–water partition coefficient (Wildman–Crippen LogP) is 2.78. The highest BCUT2D eigenvalue weighted by Crippen LogP contribution is 2.32. The number of rotatable bonds is 4. The largest absolute Gasteiger partial charge is 0.300 e. The van der Waals surface area contributed by atoms with Crippen molar-refractivity contribution in [1.29, 1.82) is 0 Å². The minimum Gasteiger partial charge on any atom is -0.300 e. The summed E-state index contributed by atoms with van der Waals surface area (Å²) in [5.74, 6) is 0.619. The fraction of sp³-hybridized carbons (Fsp3) is 0.692. The van der Waals surface area contributed by atoms with Crippen LogP contribution in [0, 0.1) is 12.8 Å². The van der Waals surface area contributed by atoms with Gasteiger partial charge < -0.3 is 4.90 Å². The number of sulfonamides is 1. The molecule has 0 spiro atoms. The van der Waals surface area contributed by atoms with Gasteiger partial charge in [0.05, 0.1) is 3.79 Å². The monoisotopic (exact) mass is 380 g/mol. The molecule has 0 radical (unpaired) electrons. The molecule has 0 aromatic carbocycles. The highest BCUT2D eigenvalue weighted by Gasteiger charge is 2.30. The first kappa shape index (κ1) is 16.4. The summed E-state index contributed by atoms with van der Waals surface area (Å²) in [6, 6.07) is 1.75. The fourth-order valence-corrected chi connectivity index (χ4v) is 6.16. The van der Waals surface area contributed by atoms with Crippen LogP contribution in [0.15, 0.2) is 14.1 Å². The van der Waals surface area contributed by atoms with Crippen LogP contribution in [0.1, 0.15) is 19.4 Å². The van der Waals surface area contributed by atoms with Crippen LogP contribution in [0.4, 0.5) is 0 Å². The maximum absolute atomic E-state index is 12.6. The van der Waals surface area contributed by atoms with E-state index in [4.69, 9.17) is 0 Å². The van der Waals surface area contributed by atoms with E-state index in [1.165, 1.54) is 11.3 Å². The van der Waals surface area contributed by atoms with Crippen molar-refractivity contribution in [1.82, 2.24) is 9.21 Å². The molecule has 0 atom stereocenters. The van der Waals surface area contributed by atoms with Crippen molar-refractivity contribution in [3.63, 3.8) is 0 Å². The van der Waals surface area contributed by atoms with Crippen LogP contribution >= 0.6 is 27.3 Å². The lowest BCUT2D eigenvalue weighted by atomic mass is 10.2. The van der Waals surface area contributed by atoms with Gasteiger partial charge in [-0.15, -0.1) is 11.3 Å². The molecule has 4 nitrogen and oxygen atoms in total. The second-order valence-electron chi connectivity index (χ2n) is 5.62. The molecule has 0 aliphatic carbocycles. The van der Waals surface area contributed by atoms with Crippen LogP contribution in [0.5, 0.6) is 0 Å². The number of aryl methyl sites for hydroxylation is 1. The molecule has 20 heavy (non-hydrogen) atoms. The van der Waals surface area contributed by atoms with Crippen LogP contribution in [0.3, 0.4) is 0 Å². The fourth-order valence-electron chi connectivity index (χ4n) is 2.36. The average molecular weight is 381 g/mol. The van der Waals surface area contributed by atoms with E-state index in [1.54, 1.807) is 10.4 Å². The Kier molecular flexibility index (Phi) is 5.29. The summed E-state index contributed by atoms with van der Waals surface area (Å²) in [6.07, 6.45) is 0. The van der Waals surface area contributed by atoms with Gasteiger partial charge in [-0.2, -0.15) is 4.31 Å². The zero-order valence-electron chi connectivity index (χ0n) is 12.1. The standard InChI is InChI=1S/C13H21BrN2O2S2/c1-10(2)9-15-4-6-16(7-5-15)20(17,18)12-8-11(3)13(14)19-12/h8,10H,4-7,9H2,1-3H3. The Bertz CT molecular complexity index is 541. The smallest absolute Gasteiger partial charge is 0.252 e. The number of nitrogens with zero attached hydrogens (tertiary/aromatic N) is 2. The van der Waals surface area contributed by atoms with Crippen molar-refractivity contribution in [2.24, 2.45) is 5.92 Å². The molecule has 1 aliphatic rings. The van der Waals surface area contributed by atoms with Gasteiger partial charge in [-0.1, -0.05) is 13.8 Å².